The summed E-state index contributed by atoms with van der Waals surface area (Å²) >= 11 is 0. The fourth-order valence-corrected chi connectivity index (χ4v) is 3.37. The van der Waals surface area contributed by atoms with Crippen molar-refractivity contribution in [2.75, 3.05) is 19.6 Å². The van der Waals surface area contributed by atoms with E-state index in [2.05, 4.69) is 37.9 Å². The molecule has 0 radical (unpaired) electrons. The van der Waals surface area contributed by atoms with Gasteiger partial charge in [-0.15, -0.1) is 0 Å². The first-order chi connectivity index (χ1) is 10.2. The Morgan fingerprint density at radius 2 is 1.62 bits per heavy atom. The molecule has 0 aliphatic carbocycles. The van der Waals surface area contributed by atoms with E-state index in [0.29, 0.717) is 6.04 Å². The first-order valence-electron chi connectivity index (χ1n) is 9.66. The quantitative estimate of drug-likeness (QED) is 0.549. The van der Waals surface area contributed by atoms with Crippen molar-refractivity contribution in [2.24, 2.45) is 5.92 Å². The van der Waals surface area contributed by atoms with Crippen molar-refractivity contribution in [3.05, 3.63) is 0 Å². The number of rotatable bonds is 11. The van der Waals surface area contributed by atoms with Crippen LogP contribution in [0.3, 0.4) is 0 Å². The smallest absolute Gasteiger partial charge is 0.0221 e. The van der Waals surface area contributed by atoms with Crippen molar-refractivity contribution >= 4 is 0 Å². The first kappa shape index (κ1) is 19.0. The Morgan fingerprint density at radius 1 is 1.00 bits per heavy atom. The number of hydrogen-bond donors (Lipinski definition) is 1. The topological polar surface area (TPSA) is 15.3 Å². The molecule has 126 valence electrons. The van der Waals surface area contributed by atoms with Crippen molar-refractivity contribution in [2.45, 2.75) is 97.6 Å². The van der Waals surface area contributed by atoms with Crippen molar-refractivity contribution < 1.29 is 0 Å². The van der Waals surface area contributed by atoms with Crippen LogP contribution in [-0.2, 0) is 0 Å². The molecule has 1 rings (SSSR count). The maximum atomic E-state index is 3.74. The van der Waals surface area contributed by atoms with Crippen LogP contribution >= 0.6 is 0 Å². The van der Waals surface area contributed by atoms with E-state index in [4.69, 9.17) is 0 Å². The zero-order valence-electron chi connectivity index (χ0n) is 15.2. The van der Waals surface area contributed by atoms with Gasteiger partial charge in [0.25, 0.3) is 0 Å². The fourth-order valence-electron chi connectivity index (χ4n) is 3.37. The van der Waals surface area contributed by atoms with Gasteiger partial charge in [0.1, 0.15) is 0 Å². The summed E-state index contributed by atoms with van der Waals surface area (Å²) in [4.78, 5) is 2.73. The predicted molar refractivity (Wildman–Crippen MR) is 94.9 cm³/mol. The van der Waals surface area contributed by atoms with E-state index in [9.17, 15) is 0 Å². The summed E-state index contributed by atoms with van der Waals surface area (Å²) in [5, 5.41) is 3.74. The van der Waals surface area contributed by atoms with Gasteiger partial charge >= 0.3 is 0 Å². The Kier molecular flexibility index (Phi) is 10.4. The lowest BCUT2D eigenvalue weighted by Gasteiger charge is -2.41. The molecular weight excluding hydrogens is 256 g/mol. The van der Waals surface area contributed by atoms with Crippen LogP contribution in [0.4, 0.5) is 0 Å². The SMILES string of the molecule is CCCCCCCCCCN1CC(C(C)CC)NCC1C. The maximum Gasteiger partial charge on any atom is 0.0221 e. The predicted octanol–water partition coefficient (Wildman–Crippen LogP) is 4.84. The van der Waals surface area contributed by atoms with Gasteiger partial charge in [-0.2, -0.15) is 0 Å². The summed E-state index contributed by atoms with van der Waals surface area (Å²) in [5.74, 6) is 0.804. The van der Waals surface area contributed by atoms with Crippen LogP contribution in [0.15, 0.2) is 0 Å². The highest BCUT2D eigenvalue weighted by atomic mass is 15.2. The second kappa shape index (κ2) is 11.5. The number of nitrogens with zero attached hydrogens (tertiary/aromatic N) is 1. The average Bonchev–Trinajstić information content (AvgIpc) is 2.50. The van der Waals surface area contributed by atoms with Gasteiger partial charge in [-0.1, -0.05) is 72.1 Å². The molecule has 3 atom stereocenters. The van der Waals surface area contributed by atoms with Gasteiger partial charge in [-0.05, 0) is 25.8 Å². The van der Waals surface area contributed by atoms with E-state index in [1.165, 1.54) is 77.4 Å². The normalized spacial score (nSPS) is 25.1. The first-order valence-corrected chi connectivity index (χ1v) is 9.66. The van der Waals surface area contributed by atoms with Crippen LogP contribution < -0.4 is 5.32 Å². The molecule has 0 spiro atoms. The highest BCUT2D eigenvalue weighted by Gasteiger charge is 2.26. The van der Waals surface area contributed by atoms with E-state index in [1.54, 1.807) is 0 Å². The lowest BCUT2D eigenvalue weighted by Crippen LogP contribution is -2.57. The van der Waals surface area contributed by atoms with Crippen LogP contribution in [-0.4, -0.2) is 36.6 Å². The van der Waals surface area contributed by atoms with E-state index in [-0.39, 0.29) is 0 Å². The lowest BCUT2D eigenvalue weighted by molar-refractivity contribution is 0.116. The Morgan fingerprint density at radius 3 is 2.24 bits per heavy atom. The number of unbranched alkanes of at least 4 members (excludes halogenated alkanes) is 7. The molecule has 1 aliphatic rings. The minimum Gasteiger partial charge on any atom is -0.311 e. The maximum absolute atomic E-state index is 3.74. The van der Waals surface area contributed by atoms with Gasteiger partial charge < -0.3 is 5.32 Å². The lowest BCUT2D eigenvalue weighted by atomic mass is 9.95. The Hall–Kier alpha value is -0.0800. The molecule has 2 nitrogen and oxygen atoms in total. The molecule has 0 aromatic rings. The Balaban J connectivity index is 2.09. The minimum absolute atomic E-state index is 0.709. The Bertz CT molecular complexity index is 242. The molecule has 0 saturated carbocycles. The third-order valence-corrected chi connectivity index (χ3v) is 5.36. The van der Waals surface area contributed by atoms with Crippen molar-refractivity contribution in [3.8, 4) is 0 Å². The molecule has 2 heteroatoms. The van der Waals surface area contributed by atoms with Gasteiger partial charge in [-0.3, -0.25) is 4.90 Å². The van der Waals surface area contributed by atoms with Crippen LogP contribution in [0.1, 0.15) is 85.5 Å². The van der Waals surface area contributed by atoms with Gasteiger partial charge in [-0.25, -0.2) is 0 Å². The summed E-state index contributed by atoms with van der Waals surface area (Å²) in [6, 6.07) is 1.43. The standard InChI is InChI=1S/C19H40N2/c1-5-7-8-9-10-11-12-13-14-21-16-19(17(3)6-2)20-15-18(21)4/h17-20H,5-16H2,1-4H3. The molecule has 1 N–H and O–H groups in total. The molecule has 3 unspecified atom stereocenters. The zero-order valence-corrected chi connectivity index (χ0v) is 15.2. The van der Waals surface area contributed by atoms with Crippen molar-refractivity contribution in [1.29, 1.82) is 0 Å². The van der Waals surface area contributed by atoms with Crippen LogP contribution in [0, 0.1) is 5.92 Å². The summed E-state index contributed by atoms with van der Waals surface area (Å²) in [6.07, 6.45) is 12.7. The monoisotopic (exact) mass is 296 g/mol. The third-order valence-electron chi connectivity index (χ3n) is 5.36. The second-order valence-electron chi connectivity index (χ2n) is 7.22. The summed E-state index contributed by atoms with van der Waals surface area (Å²) < 4.78 is 0. The largest absolute Gasteiger partial charge is 0.311 e. The fraction of sp³-hybridized carbons (Fsp3) is 1.00. The molecule has 1 fully saturated rings. The van der Waals surface area contributed by atoms with Gasteiger partial charge in [0.05, 0.1) is 0 Å². The molecule has 0 bridgehead atoms. The van der Waals surface area contributed by atoms with E-state index < -0.39 is 0 Å². The molecule has 0 aromatic carbocycles. The van der Waals surface area contributed by atoms with Crippen molar-refractivity contribution in [1.82, 2.24) is 10.2 Å². The molecule has 21 heavy (non-hydrogen) atoms. The van der Waals surface area contributed by atoms with Gasteiger partial charge in [0.15, 0.2) is 0 Å². The molecule has 1 heterocycles. The van der Waals surface area contributed by atoms with Gasteiger partial charge in [0.2, 0.25) is 0 Å². The summed E-state index contributed by atoms with van der Waals surface area (Å²) in [5.41, 5.74) is 0. The number of piperazine rings is 1. The molecular formula is C19H40N2. The number of hydrogen-bond acceptors (Lipinski definition) is 2. The summed E-state index contributed by atoms with van der Waals surface area (Å²) in [7, 11) is 0. The second-order valence-corrected chi connectivity index (χ2v) is 7.22. The molecule has 0 aromatic heterocycles. The molecule has 0 amide bonds. The van der Waals surface area contributed by atoms with Crippen LogP contribution in [0.2, 0.25) is 0 Å². The molecule has 1 aliphatic heterocycles. The highest BCUT2D eigenvalue weighted by molar-refractivity contribution is 4.86. The van der Waals surface area contributed by atoms with E-state index in [0.717, 1.165) is 12.0 Å². The Labute approximate surface area is 134 Å². The van der Waals surface area contributed by atoms with E-state index in [1.807, 2.05) is 0 Å². The van der Waals surface area contributed by atoms with Crippen LogP contribution in [0.25, 0.3) is 0 Å². The highest BCUT2D eigenvalue weighted by Crippen LogP contribution is 2.16. The van der Waals surface area contributed by atoms with Gasteiger partial charge in [0, 0.05) is 25.2 Å². The summed E-state index contributed by atoms with van der Waals surface area (Å²) in [6.45, 7) is 13.1. The minimum atomic E-state index is 0.709. The van der Waals surface area contributed by atoms with Crippen molar-refractivity contribution in [3.63, 3.8) is 0 Å². The molecule has 1 saturated heterocycles. The zero-order chi connectivity index (χ0) is 15.5. The van der Waals surface area contributed by atoms with E-state index >= 15 is 0 Å². The third kappa shape index (κ3) is 7.65. The van der Waals surface area contributed by atoms with Crippen LogP contribution in [0.5, 0.6) is 0 Å². The number of nitrogens with one attached hydrogen (secondary N) is 1. The average molecular weight is 297 g/mol.